The van der Waals surface area contributed by atoms with Gasteiger partial charge in [0.15, 0.2) is 0 Å². The Bertz CT molecular complexity index is 639. The fourth-order valence-corrected chi connectivity index (χ4v) is 2.35. The Hall–Kier alpha value is -1.17. The van der Waals surface area contributed by atoms with Crippen LogP contribution >= 0.6 is 39.1 Å². The summed E-state index contributed by atoms with van der Waals surface area (Å²) in [5, 5.41) is 19.1. The number of aromatic hydroxyl groups is 2. The Balaban J connectivity index is 2.51. The van der Waals surface area contributed by atoms with E-state index in [2.05, 4.69) is 20.9 Å². The van der Waals surface area contributed by atoms with Crippen LogP contribution < -0.4 is 0 Å². The van der Waals surface area contributed by atoms with Crippen molar-refractivity contribution < 1.29 is 15.0 Å². The van der Waals surface area contributed by atoms with Crippen molar-refractivity contribution in [3.8, 4) is 11.5 Å². The van der Waals surface area contributed by atoms with E-state index in [0.29, 0.717) is 4.47 Å². The topological polar surface area (TPSA) is 73.3 Å². The van der Waals surface area contributed by atoms with Crippen LogP contribution in [0.5, 0.6) is 11.5 Å². The number of carbonyl (C=O) groups excluding carboxylic acids is 1. The Morgan fingerprint density at radius 3 is 2.44 bits per heavy atom. The smallest absolute Gasteiger partial charge is 0.214 e. The van der Waals surface area contributed by atoms with E-state index in [1.807, 2.05) is 0 Å². The number of halogens is 3. The summed E-state index contributed by atoms with van der Waals surface area (Å²) in [6, 6.07) is 3.68. The summed E-state index contributed by atoms with van der Waals surface area (Å²) >= 11 is 14.7. The first kappa shape index (κ1) is 13.3. The minimum atomic E-state index is -0.492. The maximum absolute atomic E-state index is 12.1. The van der Waals surface area contributed by atoms with Gasteiger partial charge in [0.25, 0.3) is 0 Å². The fourth-order valence-electron chi connectivity index (χ4n) is 1.43. The van der Waals surface area contributed by atoms with Crippen molar-refractivity contribution >= 4 is 44.9 Å². The van der Waals surface area contributed by atoms with Gasteiger partial charge in [-0.2, -0.15) is 0 Å². The number of carbonyl (C=O) groups is 1. The van der Waals surface area contributed by atoms with Gasteiger partial charge in [0.1, 0.15) is 22.3 Å². The molecule has 0 radical (unpaired) electrons. The van der Waals surface area contributed by atoms with E-state index >= 15 is 0 Å². The number of hydrogen-bond donors (Lipinski definition) is 3. The second-order valence-corrected chi connectivity index (χ2v) is 5.02. The lowest BCUT2D eigenvalue weighted by Gasteiger charge is -2.03. The van der Waals surface area contributed by atoms with E-state index < -0.39 is 5.78 Å². The maximum atomic E-state index is 12.1. The SMILES string of the molecule is O=C(c1ccc(O)cc1O)c1[nH]c(Cl)c(Cl)c1Br. The first-order valence-electron chi connectivity index (χ1n) is 4.71. The summed E-state index contributed by atoms with van der Waals surface area (Å²) in [5.41, 5.74) is 0.161. The molecule has 0 bridgehead atoms. The number of rotatable bonds is 2. The van der Waals surface area contributed by atoms with E-state index in [1.165, 1.54) is 12.1 Å². The molecule has 0 atom stereocenters. The Morgan fingerprint density at radius 2 is 1.94 bits per heavy atom. The molecule has 2 rings (SSSR count). The molecule has 3 N–H and O–H groups in total. The van der Waals surface area contributed by atoms with Crippen molar-refractivity contribution in [2.45, 2.75) is 0 Å². The van der Waals surface area contributed by atoms with E-state index in [9.17, 15) is 9.90 Å². The summed E-state index contributed by atoms with van der Waals surface area (Å²) in [5.74, 6) is -0.951. The van der Waals surface area contributed by atoms with Crippen LogP contribution in [0.3, 0.4) is 0 Å². The first-order valence-corrected chi connectivity index (χ1v) is 6.26. The van der Waals surface area contributed by atoms with Gasteiger partial charge < -0.3 is 15.2 Å². The summed E-state index contributed by atoms with van der Waals surface area (Å²) in [6.07, 6.45) is 0. The normalized spacial score (nSPS) is 10.6. The molecule has 1 aromatic carbocycles. The van der Waals surface area contributed by atoms with Crippen molar-refractivity contribution in [3.05, 3.63) is 44.1 Å². The molecule has 0 spiro atoms. The van der Waals surface area contributed by atoms with Gasteiger partial charge in [-0.15, -0.1) is 0 Å². The van der Waals surface area contributed by atoms with Crippen LogP contribution in [-0.2, 0) is 0 Å². The Labute approximate surface area is 120 Å². The number of benzene rings is 1. The molecule has 2 aromatic rings. The van der Waals surface area contributed by atoms with E-state index in [4.69, 9.17) is 28.3 Å². The highest BCUT2D eigenvalue weighted by molar-refractivity contribution is 9.10. The molecule has 0 aliphatic heterocycles. The predicted molar refractivity (Wildman–Crippen MR) is 71.7 cm³/mol. The zero-order valence-corrected chi connectivity index (χ0v) is 11.8. The lowest BCUT2D eigenvalue weighted by atomic mass is 10.1. The van der Waals surface area contributed by atoms with Crippen LogP contribution in [-0.4, -0.2) is 21.0 Å². The minimum absolute atomic E-state index is 0.0306. The Morgan fingerprint density at radius 1 is 1.28 bits per heavy atom. The number of phenols is 2. The lowest BCUT2D eigenvalue weighted by molar-refractivity contribution is 0.103. The van der Waals surface area contributed by atoms with Gasteiger partial charge in [-0.25, -0.2) is 0 Å². The number of ketones is 1. The van der Waals surface area contributed by atoms with Gasteiger partial charge in [0.2, 0.25) is 5.78 Å². The summed E-state index contributed by atoms with van der Waals surface area (Å²) < 4.78 is 0.326. The molecule has 94 valence electrons. The van der Waals surface area contributed by atoms with Crippen LogP contribution in [0.1, 0.15) is 16.1 Å². The number of aromatic amines is 1. The third-order valence-corrected chi connectivity index (χ3v) is 4.07. The number of hydrogen-bond acceptors (Lipinski definition) is 3. The molecule has 18 heavy (non-hydrogen) atoms. The average Bonchev–Trinajstić information content (AvgIpc) is 2.56. The predicted octanol–water partition coefficient (Wildman–Crippen LogP) is 3.73. The largest absolute Gasteiger partial charge is 0.508 e. The number of nitrogens with one attached hydrogen (secondary N) is 1. The Kier molecular flexibility index (Phi) is 3.56. The molecular formula is C11H6BrCl2NO3. The van der Waals surface area contributed by atoms with Gasteiger partial charge in [0.05, 0.1) is 15.1 Å². The lowest BCUT2D eigenvalue weighted by Crippen LogP contribution is -2.02. The van der Waals surface area contributed by atoms with E-state index in [1.54, 1.807) is 0 Å². The fraction of sp³-hybridized carbons (Fsp3) is 0. The van der Waals surface area contributed by atoms with Crippen molar-refractivity contribution in [2.75, 3.05) is 0 Å². The molecule has 0 aliphatic carbocycles. The summed E-state index contributed by atoms with van der Waals surface area (Å²) in [7, 11) is 0. The molecule has 0 fully saturated rings. The molecule has 7 heteroatoms. The van der Waals surface area contributed by atoms with E-state index in [0.717, 1.165) is 6.07 Å². The van der Waals surface area contributed by atoms with Crippen LogP contribution in [0.25, 0.3) is 0 Å². The molecule has 0 saturated carbocycles. The monoisotopic (exact) mass is 349 g/mol. The van der Waals surface area contributed by atoms with Crippen LogP contribution in [0, 0.1) is 0 Å². The zero-order chi connectivity index (χ0) is 13.4. The molecule has 0 amide bonds. The molecule has 4 nitrogen and oxygen atoms in total. The second-order valence-electron chi connectivity index (χ2n) is 3.47. The van der Waals surface area contributed by atoms with Gasteiger partial charge in [-0.1, -0.05) is 23.2 Å². The second kappa shape index (κ2) is 4.84. The molecule has 0 aliphatic rings. The highest BCUT2D eigenvalue weighted by atomic mass is 79.9. The summed E-state index contributed by atoms with van der Waals surface area (Å²) in [6.45, 7) is 0. The van der Waals surface area contributed by atoms with Crippen molar-refractivity contribution in [2.24, 2.45) is 0 Å². The van der Waals surface area contributed by atoms with Crippen LogP contribution in [0.4, 0.5) is 0 Å². The third kappa shape index (κ3) is 2.21. The average molecular weight is 351 g/mol. The molecule has 0 saturated heterocycles. The number of H-pyrrole nitrogens is 1. The van der Waals surface area contributed by atoms with Crippen LogP contribution in [0.15, 0.2) is 22.7 Å². The quantitative estimate of drug-likeness (QED) is 0.722. The van der Waals surface area contributed by atoms with Gasteiger partial charge in [-0.05, 0) is 28.1 Å². The highest BCUT2D eigenvalue weighted by Gasteiger charge is 2.22. The third-order valence-electron chi connectivity index (χ3n) is 2.29. The standard InChI is InChI=1S/C11H6BrCl2NO3/c12-7-8(13)11(14)15-9(7)10(18)5-2-1-4(16)3-6(5)17/h1-3,15-17H. The van der Waals surface area contributed by atoms with Crippen molar-refractivity contribution in [3.63, 3.8) is 0 Å². The first-order chi connectivity index (χ1) is 8.41. The maximum Gasteiger partial charge on any atom is 0.214 e. The van der Waals surface area contributed by atoms with Gasteiger partial charge >= 0.3 is 0 Å². The molecular weight excluding hydrogens is 345 g/mol. The molecule has 1 aromatic heterocycles. The molecule has 1 heterocycles. The molecule has 0 unspecified atom stereocenters. The minimum Gasteiger partial charge on any atom is -0.508 e. The number of phenolic OH excluding ortho intramolecular Hbond substituents is 2. The van der Waals surface area contributed by atoms with Gasteiger partial charge in [0, 0.05) is 6.07 Å². The zero-order valence-electron chi connectivity index (χ0n) is 8.67. The number of aromatic nitrogens is 1. The van der Waals surface area contributed by atoms with Crippen molar-refractivity contribution in [1.29, 1.82) is 0 Å². The van der Waals surface area contributed by atoms with Gasteiger partial charge in [-0.3, -0.25) is 4.79 Å². The summed E-state index contributed by atoms with van der Waals surface area (Å²) in [4.78, 5) is 14.8. The van der Waals surface area contributed by atoms with Crippen molar-refractivity contribution in [1.82, 2.24) is 4.98 Å². The van der Waals surface area contributed by atoms with E-state index in [-0.39, 0.29) is 32.9 Å². The van der Waals surface area contributed by atoms with Crippen LogP contribution in [0.2, 0.25) is 10.2 Å². The highest BCUT2D eigenvalue weighted by Crippen LogP contribution is 2.35.